The molecule has 27 heavy (non-hydrogen) atoms. The van der Waals surface area contributed by atoms with Crippen LogP contribution in [-0.4, -0.2) is 52.0 Å². The molecule has 1 saturated heterocycles. The lowest BCUT2D eigenvalue weighted by Crippen LogP contribution is -2.41. The molecule has 144 valence electrons. The van der Waals surface area contributed by atoms with Crippen molar-refractivity contribution in [3.8, 4) is 0 Å². The Balaban J connectivity index is 1.97. The van der Waals surface area contributed by atoms with Crippen LogP contribution in [0.5, 0.6) is 0 Å². The minimum Gasteiger partial charge on any atom is -0.379 e. The zero-order chi connectivity index (χ0) is 19.4. The van der Waals surface area contributed by atoms with E-state index in [9.17, 15) is 13.2 Å². The summed E-state index contributed by atoms with van der Waals surface area (Å²) in [5, 5.41) is 0. The van der Waals surface area contributed by atoms with Crippen molar-refractivity contribution >= 4 is 21.6 Å². The molecule has 2 aromatic rings. The van der Waals surface area contributed by atoms with Gasteiger partial charge in [0, 0.05) is 31.4 Å². The van der Waals surface area contributed by atoms with Crippen LogP contribution in [0.4, 0.5) is 5.69 Å². The molecule has 0 unspecified atom stereocenters. The van der Waals surface area contributed by atoms with Crippen molar-refractivity contribution in [1.82, 2.24) is 4.31 Å². The van der Waals surface area contributed by atoms with Gasteiger partial charge in [-0.05, 0) is 36.2 Å². The van der Waals surface area contributed by atoms with Crippen LogP contribution in [0.3, 0.4) is 0 Å². The molecule has 7 heteroatoms. The van der Waals surface area contributed by atoms with Gasteiger partial charge in [0.25, 0.3) is 5.91 Å². The van der Waals surface area contributed by atoms with Crippen LogP contribution in [0.1, 0.15) is 22.8 Å². The lowest BCUT2D eigenvalue weighted by molar-refractivity contribution is 0.0730. The second kappa shape index (κ2) is 8.21. The molecule has 1 heterocycles. The Kier molecular flexibility index (Phi) is 5.94. The van der Waals surface area contributed by atoms with Gasteiger partial charge in [0.05, 0.1) is 18.1 Å². The third-order valence-corrected chi connectivity index (χ3v) is 6.71. The van der Waals surface area contributed by atoms with E-state index in [4.69, 9.17) is 4.74 Å². The number of carbonyl (C=O) groups excluding carboxylic acids is 1. The van der Waals surface area contributed by atoms with Gasteiger partial charge in [0.2, 0.25) is 10.0 Å². The minimum absolute atomic E-state index is 0.208. The van der Waals surface area contributed by atoms with Crippen molar-refractivity contribution in [1.29, 1.82) is 0 Å². The number of amides is 1. The van der Waals surface area contributed by atoms with Crippen LogP contribution in [-0.2, 0) is 21.2 Å². The molecular weight excluding hydrogens is 364 g/mol. The van der Waals surface area contributed by atoms with Crippen LogP contribution < -0.4 is 4.90 Å². The quantitative estimate of drug-likeness (QED) is 0.790. The van der Waals surface area contributed by atoms with Gasteiger partial charge in [0.15, 0.2) is 0 Å². The normalized spacial score (nSPS) is 15.5. The highest BCUT2D eigenvalue weighted by Gasteiger charge is 2.29. The number of morpholine rings is 1. The Morgan fingerprint density at radius 2 is 1.78 bits per heavy atom. The first-order chi connectivity index (χ1) is 12.9. The zero-order valence-electron chi connectivity index (χ0n) is 15.6. The first-order valence-corrected chi connectivity index (χ1v) is 10.4. The monoisotopic (exact) mass is 388 g/mol. The summed E-state index contributed by atoms with van der Waals surface area (Å²) >= 11 is 0. The van der Waals surface area contributed by atoms with Gasteiger partial charge in [-0.1, -0.05) is 31.2 Å². The SMILES string of the molecule is CCc1ccc(C(=O)N(C)c2ccccc2)cc1S(=O)(=O)N1CCOCC1. The topological polar surface area (TPSA) is 66.9 Å². The Bertz CT molecular complexity index is 907. The first-order valence-electron chi connectivity index (χ1n) is 8.99. The molecule has 2 aromatic carbocycles. The molecular formula is C20H24N2O4S. The van der Waals surface area contributed by atoms with Crippen LogP contribution >= 0.6 is 0 Å². The van der Waals surface area contributed by atoms with Crippen molar-refractivity contribution < 1.29 is 17.9 Å². The molecule has 1 aliphatic heterocycles. The number of aryl methyl sites for hydroxylation is 1. The molecule has 0 N–H and O–H groups in total. The third kappa shape index (κ3) is 4.05. The number of anilines is 1. The predicted octanol–water partition coefficient (Wildman–Crippen LogP) is 2.55. The van der Waals surface area contributed by atoms with Crippen LogP contribution in [0, 0.1) is 0 Å². The summed E-state index contributed by atoms with van der Waals surface area (Å²) in [6.07, 6.45) is 0.571. The average molecular weight is 388 g/mol. The fourth-order valence-corrected chi connectivity index (χ4v) is 4.84. The summed E-state index contributed by atoms with van der Waals surface area (Å²) in [5.74, 6) is -0.248. The Hall–Kier alpha value is -2.22. The first kappa shape index (κ1) is 19.5. The summed E-state index contributed by atoms with van der Waals surface area (Å²) in [5.41, 5.74) is 1.81. The fourth-order valence-electron chi connectivity index (χ4n) is 3.11. The second-order valence-corrected chi connectivity index (χ2v) is 8.30. The smallest absolute Gasteiger partial charge is 0.258 e. The van der Waals surface area contributed by atoms with Crippen LogP contribution in [0.2, 0.25) is 0 Å². The number of benzene rings is 2. The fraction of sp³-hybridized carbons (Fsp3) is 0.350. The largest absolute Gasteiger partial charge is 0.379 e. The summed E-state index contributed by atoms with van der Waals surface area (Å²) in [6.45, 7) is 3.33. The maximum Gasteiger partial charge on any atom is 0.258 e. The molecule has 1 fully saturated rings. The standard InChI is InChI=1S/C20H24N2O4S/c1-3-16-9-10-17(20(23)21(2)18-7-5-4-6-8-18)15-19(16)27(24,25)22-11-13-26-14-12-22/h4-10,15H,3,11-14H2,1-2H3. The Morgan fingerprint density at radius 1 is 1.11 bits per heavy atom. The molecule has 0 aromatic heterocycles. The summed E-state index contributed by atoms with van der Waals surface area (Å²) in [4.78, 5) is 14.6. The molecule has 1 amide bonds. The number of hydrogen-bond donors (Lipinski definition) is 0. The Labute approximate surface area is 160 Å². The number of ether oxygens (including phenoxy) is 1. The van der Waals surface area contributed by atoms with Gasteiger partial charge >= 0.3 is 0 Å². The number of hydrogen-bond acceptors (Lipinski definition) is 4. The molecule has 0 atom stereocenters. The third-order valence-electron chi connectivity index (χ3n) is 4.73. The highest BCUT2D eigenvalue weighted by Crippen LogP contribution is 2.25. The van der Waals surface area contributed by atoms with Gasteiger partial charge in [-0.15, -0.1) is 0 Å². The van der Waals surface area contributed by atoms with Gasteiger partial charge < -0.3 is 9.64 Å². The van der Waals surface area contributed by atoms with E-state index in [1.807, 2.05) is 37.3 Å². The zero-order valence-corrected chi connectivity index (χ0v) is 16.4. The predicted molar refractivity (Wildman–Crippen MR) is 105 cm³/mol. The molecule has 0 aliphatic carbocycles. The van der Waals surface area contributed by atoms with E-state index in [0.29, 0.717) is 43.9 Å². The number of carbonyl (C=O) groups is 1. The van der Waals surface area contributed by atoms with Gasteiger partial charge in [-0.25, -0.2) is 8.42 Å². The van der Waals surface area contributed by atoms with Crippen LogP contribution in [0.15, 0.2) is 53.4 Å². The molecule has 0 bridgehead atoms. The average Bonchev–Trinajstić information content (AvgIpc) is 2.73. The van der Waals surface area contributed by atoms with Crippen molar-refractivity contribution in [3.63, 3.8) is 0 Å². The van der Waals surface area contributed by atoms with E-state index in [0.717, 1.165) is 5.69 Å². The molecule has 6 nitrogen and oxygen atoms in total. The van der Waals surface area contributed by atoms with Crippen molar-refractivity contribution in [3.05, 3.63) is 59.7 Å². The van der Waals surface area contributed by atoms with E-state index in [1.54, 1.807) is 19.2 Å². The van der Waals surface area contributed by atoms with E-state index in [2.05, 4.69) is 0 Å². The number of nitrogens with zero attached hydrogens (tertiary/aromatic N) is 2. The number of sulfonamides is 1. The van der Waals surface area contributed by atoms with E-state index < -0.39 is 10.0 Å². The van der Waals surface area contributed by atoms with Crippen molar-refractivity contribution in [2.75, 3.05) is 38.3 Å². The lowest BCUT2D eigenvalue weighted by atomic mass is 10.1. The molecule has 0 spiro atoms. The molecule has 1 aliphatic rings. The number of rotatable bonds is 5. The van der Waals surface area contributed by atoms with Crippen molar-refractivity contribution in [2.45, 2.75) is 18.2 Å². The molecule has 0 radical (unpaired) electrons. The highest BCUT2D eigenvalue weighted by atomic mass is 32.2. The maximum absolute atomic E-state index is 13.1. The van der Waals surface area contributed by atoms with Gasteiger partial charge in [-0.2, -0.15) is 4.31 Å². The summed E-state index contributed by atoms with van der Waals surface area (Å²) in [6, 6.07) is 14.2. The minimum atomic E-state index is -3.67. The molecule has 0 saturated carbocycles. The highest BCUT2D eigenvalue weighted by molar-refractivity contribution is 7.89. The molecule has 3 rings (SSSR count). The Morgan fingerprint density at radius 3 is 2.41 bits per heavy atom. The van der Waals surface area contributed by atoms with E-state index in [-0.39, 0.29) is 10.8 Å². The number of para-hydroxylation sites is 1. The maximum atomic E-state index is 13.1. The van der Waals surface area contributed by atoms with E-state index in [1.165, 1.54) is 15.3 Å². The van der Waals surface area contributed by atoms with E-state index >= 15 is 0 Å². The van der Waals surface area contributed by atoms with Gasteiger partial charge in [-0.3, -0.25) is 4.79 Å². The van der Waals surface area contributed by atoms with Gasteiger partial charge in [0.1, 0.15) is 0 Å². The van der Waals surface area contributed by atoms with Crippen LogP contribution in [0.25, 0.3) is 0 Å². The second-order valence-electron chi connectivity index (χ2n) is 6.39. The summed E-state index contributed by atoms with van der Waals surface area (Å²) < 4.78 is 32.9. The summed E-state index contributed by atoms with van der Waals surface area (Å²) in [7, 11) is -1.99. The lowest BCUT2D eigenvalue weighted by Gasteiger charge is -2.27. The van der Waals surface area contributed by atoms with Crippen molar-refractivity contribution in [2.24, 2.45) is 0 Å².